The lowest BCUT2D eigenvalue weighted by Crippen LogP contribution is -2.03. The largest absolute Gasteiger partial charge is 0.478 e. The first-order valence-corrected chi connectivity index (χ1v) is 7.69. The summed E-state index contributed by atoms with van der Waals surface area (Å²) in [5, 5.41) is 20.5. The topological polar surface area (TPSA) is 102 Å². The molecule has 0 saturated heterocycles. The number of carboxylic acid groups (broad SMARTS) is 1. The van der Waals surface area contributed by atoms with E-state index in [1.807, 2.05) is 6.07 Å². The minimum atomic E-state index is -1.17. The highest BCUT2D eigenvalue weighted by atomic mass is 16.6. The van der Waals surface area contributed by atoms with E-state index in [2.05, 4.69) is 0 Å². The molecule has 0 fully saturated rings. The molecule has 26 heavy (non-hydrogen) atoms. The minimum Gasteiger partial charge on any atom is -0.478 e. The maximum Gasteiger partial charge on any atom is 0.338 e. The maximum absolute atomic E-state index is 11.9. The van der Waals surface area contributed by atoms with Gasteiger partial charge in [-0.25, -0.2) is 4.79 Å². The Morgan fingerprint density at radius 3 is 2.23 bits per heavy atom. The van der Waals surface area contributed by atoms with Gasteiger partial charge < -0.3 is 9.67 Å². The SMILES string of the molecule is Cc1c(C(=O)O)c(-c2ccc([N+](=O)[O-])cc2)c(C=O)n1-c1ccccc1. The second-order valence-electron chi connectivity index (χ2n) is 5.62. The third-order valence-electron chi connectivity index (χ3n) is 4.15. The van der Waals surface area contributed by atoms with Gasteiger partial charge in [-0.3, -0.25) is 14.9 Å². The second kappa shape index (κ2) is 6.64. The molecule has 0 unspecified atom stereocenters. The van der Waals surface area contributed by atoms with Crippen LogP contribution in [0.25, 0.3) is 16.8 Å². The Labute approximate surface area is 148 Å². The number of non-ortho nitro benzene ring substituents is 1. The molecule has 0 radical (unpaired) electrons. The summed E-state index contributed by atoms with van der Waals surface area (Å²) in [6.07, 6.45) is 0.600. The van der Waals surface area contributed by atoms with Gasteiger partial charge in [-0.2, -0.15) is 0 Å². The van der Waals surface area contributed by atoms with Crippen LogP contribution < -0.4 is 0 Å². The van der Waals surface area contributed by atoms with Gasteiger partial charge >= 0.3 is 5.97 Å². The zero-order chi connectivity index (χ0) is 18.8. The third kappa shape index (κ3) is 2.75. The van der Waals surface area contributed by atoms with E-state index in [0.717, 1.165) is 0 Å². The number of carbonyl (C=O) groups is 2. The summed E-state index contributed by atoms with van der Waals surface area (Å²) in [7, 11) is 0. The van der Waals surface area contributed by atoms with Gasteiger partial charge in [-0.15, -0.1) is 0 Å². The number of rotatable bonds is 5. The Morgan fingerprint density at radius 1 is 1.12 bits per heavy atom. The molecular weight excluding hydrogens is 336 g/mol. The Morgan fingerprint density at radius 2 is 1.73 bits per heavy atom. The Kier molecular flexibility index (Phi) is 4.36. The van der Waals surface area contributed by atoms with Crippen LogP contribution in [0.2, 0.25) is 0 Å². The fraction of sp³-hybridized carbons (Fsp3) is 0.0526. The molecule has 3 aromatic rings. The van der Waals surface area contributed by atoms with Crippen molar-refractivity contribution in [2.45, 2.75) is 6.92 Å². The number of para-hydroxylation sites is 1. The predicted octanol–water partition coefficient (Wildman–Crippen LogP) is 3.87. The van der Waals surface area contributed by atoms with Crippen molar-refractivity contribution >= 4 is 17.9 Å². The fourth-order valence-corrected chi connectivity index (χ4v) is 3.04. The van der Waals surface area contributed by atoms with Crippen LogP contribution in [-0.2, 0) is 0 Å². The number of aldehydes is 1. The summed E-state index contributed by atoms with van der Waals surface area (Å²) in [6.45, 7) is 1.62. The Balaban J connectivity index is 2.32. The monoisotopic (exact) mass is 350 g/mol. The zero-order valence-electron chi connectivity index (χ0n) is 13.7. The summed E-state index contributed by atoms with van der Waals surface area (Å²) in [4.78, 5) is 34.0. The number of aromatic nitrogens is 1. The van der Waals surface area contributed by atoms with Crippen molar-refractivity contribution in [2.75, 3.05) is 0 Å². The van der Waals surface area contributed by atoms with E-state index in [4.69, 9.17) is 0 Å². The van der Waals surface area contributed by atoms with Crippen molar-refractivity contribution in [1.29, 1.82) is 0 Å². The summed E-state index contributed by atoms with van der Waals surface area (Å²) < 4.78 is 1.58. The van der Waals surface area contributed by atoms with Gasteiger partial charge in [0.05, 0.1) is 16.2 Å². The number of nitro benzene ring substituents is 1. The Bertz CT molecular complexity index is 1000. The number of carboxylic acids is 1. The third-order valence-corrected chi connectivity index (χ3v) is 4.15. The summed E-state index contributed by atoms with van der Waals surface area (Å²) in [6, 6.07) is 14.4. The van der Waals surface area contributed by atoms with Gasteiger partial charge in [0, 0.05) is 29.1 Å². The van der Waals surface area contributed by atoms with Gasteiger partial charge in [0.1, 0.15) is 0 Å². The summed E-state index contributed by atoms with van der Waals surface area (Å²) >= 11 is 0. The number of benzene rings is 2. The van der Waals surface area contributed by atoms with Crippen LogP contribution in [0.3, 0.4) is 0 Å². The molecule has 0 atom stereocenters. The molecule has 0 bridgehead atoms. The van der Waals surface area contributed by atoms with E-state index in [1.54, 1.807) is 35.8 Å². The van der Waals surface area contributed by atoms with Crippen molar-refractivity contribution in [3.8, 4) is 16.8 Å². The van der Waals surface area contributed by atoms with E-state index >= 15 is 0 Å². The molecule has 0 aliphatic rings. The lowest BCUT2D eigenvalue weighted by molar-refractivity contribution is -0.384. The quantitative estimate of drug-likeness (QED) is 0.427. The minimum absolute atomic E-state index is 0.00944. The van der Waals surface area contributed by atoms with Crippen LogP contribution in [0.1, 0.15) is 26.5 Å². The van der Waals surface area contributed by atoms with E-state index in [-0.39, 0.29) is 22.5 Å². The van der Waals surface area contributed by atoms with E-state index in [1.165, 1.54) is 24.3 Å². The van der Waals surface area contributed by atoms with Crippen molar-refractivity contribution in [3.63, 3.8) is 0 Å². The molecule has 7 heteroatoms. The van der Waals surface area contributed by atoms with Crippen LogP contribution in [0.5, 0.6) is 0 Å². The first-order chi connectivity index (χ1) is 12.5. The highest BCUT2D eigenvalue weighted by Gasteiger charge is 2.26. The molecular formula is C19H14N2O5. The normalized spacial score (nSPS) is 10.5. The standard InChI is InChI=1S/C19H14N2O5/c1-12-17(19(23)24)18(13-7-9-15(10-8-13)21(25)26)16(11-22)20(12)14-5-3-2-4-6-14/h2-11H,1H3,(H,23,24). The molecule has 3 rings (SSSR count). The molecule has 1 N–H and O–H groups in total. The molecule has 1 heterocycles. The van der Waals surface area contributed by atoms with Crippen LogP contribution >= 0.6 is 0 Å². The number of nitrogens with zero attached hydrogens (tertiary/aromatic N) is 2. The molecule has 0 aliphatic heterocycles. The van der Waals surface area contributed by atoms with Crippen LogP contribution in [0, 0.1) is 17.0 Å². The van der Waals surface area contributed by atoms with Crippen molar-refractivity contribution in [3.05, 3.63) is 81.7 Å². The predicted molar refractivity (Wildman–Crippen MR) is 94.9 cm³/mol. The molecule has 0 spiro atoms. The van der Waals surface area contributed by atoms with Gasteiger partial charge in [-0.1, -0.05) is 18.2 Å². The lowest BCUT2D eigenvalue weighted by Gasteiger charge is -2.08. The van der Waals surface area contributed by atoms with Gasteiger partial charge in [-0.05, 0) is 36.8 Å². The number of nitro groups is 1. The zero-order valence-corrected chi connectivity index (χ0v) is 13.7. The van der Waals surface area contributed by atoms with Gasteiger partial charge in [0.2, 0.25) is 0 Å². The molecule has 0 aliphatic carbocycles. The first-order valence-electron chi connectivity index (χ1n) is 7.69. The highest BCUT2D eigenvalue weighted by molar-refractivity contribution is 6.03. The number of hydrogen-bond acceptors (Lipinski definition) is 4. The molecule has 130 valence electrons. The van der Waals surface area contributed by atoms with Crippen molar-refractivity contribution in [2.24, 2.45) is 0 Å². The average Bonchev–Trinajstić information content (AvgIpc) is 2.94. The van der Waals surface area contributed by atoms with Crippen molar-refractivity contribution in [1.82, 2.24) is 4.57 Å². The highest BCUT2D eigenvalue weighted by Crippen LogP contribution is 2.34. The fourth-order valence-electron chi connectivity index (χ4n) is 3.04. The first kappa shape index (κ1) is 17.1. The Hall–Kier alpha value is -3.74. The average molecular weight is 350 g/mol. The molecule has 7 nitrogen and oxygen atoms in total. The van der Waals surface area contributed by atoms with E-state index in [0.29, 0.717) is 23.2 Å². The van der Waals surface area contributed by atoms with Crippen LogP contribution in [-0.4, -0.2) is 26.9 Å². The number of hydrogen-bond donors (Lipinski definition) is 1. The van der Waals surface area contributed by atoms with Crippen LogP contribution in [0.4, 0.5) is 5.69 Å². The summed E-state index contributed by atoms with van der Waals surface area (Å²) in [5.74, 6) is -1.17. The molecule has 1 aromatic heterocycles. The smallest absolute Gasteiger partial charge is 0.338 e. The van der Waals surface area contributed by atoms with Gasteiger partial charge in [0.25, 0.3) is 5.69 Å². The number of carbonyl (C=O) groups excluding carboxylic acids is 1. The van der Waals surface area contributed by atoms with E-state index < -0.39 is 10.9 Å². The van der Waals surface area contributed by atoms with Crippen LogP contribution in [0.15, 0.2) is 54.6 Å². The molecule has 0 saturated carbocycles. The summed E-state index contributed by atoms with van der Waals surface area (Å²) in [5.41, 5.74) is 1.78. The van der Waals surface area contributed by atoms with E-state index in [9.17, 15) is 24.8 Å². The molecule has 2 aromatic carbocycles. The second-order valence-corrected chi connectivity index (χ2v) is 5.62. The van der Waals surface area contributed by atoms with Crippen molar-refractivity contribution < 1.29 is 19.6 Å². The maximum atomic E-state index is 11.9. The lowest BCUT2D eigenvalue weighted by atomic mass is 10.00. The van der Waals surface area contributed by atoms with Gasteiger partial charge in [0.15, 0.2) is 6.29 Å². The molecule has 0 amide bonds. The number of aromatic carboxylic acids is 1.